The molecule has 0 aliphatic heterocycles. The van der Waals surface area contributed by atoms with Crippen molar-refractivity contribution in [1.82, 2.24) is 4.98 Å². The molecule has 0 spiro atoms. The number of hydrogen-bond acceptors (Lipinski definition) is 2. The smallest absolute Gasteiger partial charge is 0.119 e. The minimum Gasteiger partial charge on any atom is -0.303 e. The zero-order valence-corrected chi connectivity index (χ0v) is 11.2. The predicted octanol–water partition coefficient (Wildman–Crippen LogP) is 4.17. The number of aryl methyl sites for hydroxylation is 1. The van der Waals surface area contributed by atoms with Crippen LogP contribution in [0.15, 0.2) is 36.4 Å². The van der Waals surface area contributed by atoms with Gasteiger partial charge in [-0.15, -0.1) is 0 Å². The van der Waals surface area contributed by atoms with Gasteiger partial charge in [0.15, 0.2) is 0 Å². The standard InChI is InChI=1S/C13H15N.C3H6O/c1-2-3-7-12-10-9-11-6-4-5-8-13(11)14-12;1-2-3-4/h4-6,8-10H,2-3,7H2,1H3;3H,2H2,1H3. The van der Waals surface area contributed by atoms with E-state index < -0.39 is 0 Å². The van der Waals surface area contributed by atoms with E-state index in [0.29, 0.717) is 6.42 Å². The Morgan fingerprint density at radius 2 is 1.83 bits per heavy atom. The Balaban J connectivity index is 0.000000357. The molecule has 1 aromatic carbocycles. The maximum Gasteiger partial charge on any atom is 0.119 e. The highest BCUT2D eigenvalue weighted by molar-refractivity contribution is 5.78. The number of carbonyl (C=O) groups is 1. The van der Waals surface area contributed by atoms with Crippen LogP contribution in [0.5, 0.6) is 0 Å². The molecule has 2 rings (SSSR count). The Kier molecular flexibility index (Phi) is 6.70. The van der Waals surface area contributed by atoms with Crippen molar-refractivity contribution in [2.75, 3.05) is 0 Å². The Bertz CT molecular complexity index is 479. The van der Waals surface area contributed by atoms with E-state index in [1.165, 1.54) is 23.9 Å². The van der Waals surface area contributed by atoms with Crippen molar-refractivity contribution in [3.05, 3.63) is 42.1 Å². The van der Waals surface area contributed by atoms with Gasteiger partial charge >= 0.3 is 0 Å². The quantitative estimate of drug-likeness (QED) is 0.754. The fourth-order valence-corrected chi connectivity index (χ4v) is 1.61. The molecule has 0 aliphatic carbocycles. The average Bonchev–Trinajstić information content (AvgIpc) is 2.45. The van der Waals surface area contributed by atoms with E-state index in [9.17, 15) is 4.79 Å². The highest BCUT2D eigenvalue weighted by atomic mass is 16.1. The second-order valence-electron chi connectivity index (χ2n) is 4.17. The van der Waals surface area contributed by atoms with Gasteiger partial charge in [0, 0.05) is 17.5 Å². The van der Waals surface area contributed by atoms with Gasteiger partial charge in [0.05, 0.1) is 5.52 Å². The largest absolute Gasteiger partial charge is 0.303 e. The summed E-state index contributed by atoms with van der Waals surface area (Å²) in [6.45, 7) is 4.02. The molecule has 18 heavy (non-hydrogen) atoms. The zero-order valence-electron chi connectivity index (χ0n) is 11.2. The van der Waals surface area contributed by atoms with Crippen LogP contribution in [0.1, 0.15) is 38.8 Å². The molecule has 0 saturated carbocycles. The zero-order chi connectivity index (χ0) is 13.2. The summed E-state index contributed by atoms with van der Waals surface area (Å²) in [5.74, 6) is 0. The van der Waals surface area contributed by atoms with Gasteiger partial charge in [-0.05, 0) is 25.0 Å². The second kappa shape index (κ2) is 8.40. The molecule has 2 heteroatoms. The Hall–Kier alpha value is -1.70. The molecule has 2 nitrogen and oxygen atoms in total. The van der Waals surface area contributed by atoms with Gasteiger partial charge in [-0.3, -0.25) is 4.98 Å². The first kappa shape index (κ1) is 14.4. The van der Waals surface area contributed by atoms with Gasteiger partial charge in [0.2, 0.25) is 0 Å². The molecule has 0 radical (unpaired) electrons. The fraction of sp³-hybridized carbons (Fsp3) is 0.375. The molecule has 96 valence electrons. The van der Waals surface area contributed by atoms with Crippen LogP contribution < -0.4 is 0 Å². The number of unbranched alkanes of at least 4 members (excludes halogenated alkanes) is 1. The second-order valence-corrected chi connectivity index (χ2v) is 4.17. The summed E-state index contributed by atoms with van der Waals surface area (Å²) in [5.41, 5.74) is 2.33. The fourth-order valence-electron chi connectivity index (χ4n) is 1.61. The normalized spacial score (nSPS) is 9.67. The van der Waals surface area contributed by atoms with Crippen LogP contribution in [0.3, 0.4) is 0 Å². The summed E-state index contributed by atoms with van der Waals surface area (Å²) in [6, 6.07) is 12.6. The van der Waals surface area contributed by atoms with Crippen molar-refractivity contribution in [2.45, 2.75) is 39.5 Å². The van der Waals surface area contributed by atoms with Crippen molar-refractivity contribution in [3.8, 4) is 0 Å². The molecule has 0 fully saturated rings. The van der Waals surface area contributed by atoms with E-state index in [-0.39, 0.29) is 0 Å². The van der Waals surface area contributed by atoms with Crippen LogP contribution in [-0.4, -0.2) is 11.3 Å². The topological polar surface area (TPSA) is 30.0 Å². The molecule has 0 amide bonds. The van der Waals surface area contributed by atoms with E-state index in [1.54, 1.807) is 0 Å². The lowest BCUT2D eigenvalue weighted by Crippen LogP contribution is -1.89. The average molecular weight is 243 g/mol. The summed E-state index contributed by atoms with van der Waals surface area (Å²) in [4.78, 5) is 13.8. The van der Waals surface area contributed by atoms with Gasteiger partial charge in [-0.25, -0.2) is 0 Å². The maximum absolute atomic E-state index is 9.17. The molecule has 0 N–H and O–H groups in total. The van der Waals surface area contributed by atoms with Crippen LogP contribution in [0.25, 0.3) is 10.9 Å². The Morgan fingerprint density at radius 1 is 1.11 bits per heavy atom. The van der Waals surface area contributed by atoms with E-state index in [2.05, 4.69) is 42.2 Å². The Morgan fingerprint density at radius 3 is 2.50 bits per heavy atom. The number of aromatic nitrogens is 1. The molecule has 0 aliphatic rings. The summed E-state index contributed by atoms with van der Waals surface area (Å²) in [6.07, 6.45) is 5.07. The minimum atomic E-state index is 0.639. The number of rotatable bonds is 4. The van der Waals surface area contributed by atoms with Crippen LogP contribution in [0.2, 0.25) is 0 Å². The predicted molar refractivity (Wildman–Crippen MR) is 76.7 cm³/mol. The first-order chi connectivity index (χ1) is 8.81. The van der Waals surface area contributed by atoms with E-state index in [0.717, 1.165) is 18.2 Å². The number of benzene rings is 1. The number of para-hydroxylation sites is 1. The number of pyridine rings is 1. The summed E-state index contributed by atoms with van der Waals surface area (Å²) < 4.78 is 0. The van der Waals surface area contributed by atoms with Gasteiger partial charge in [-0.1, -0.05) is 44.5 Å². The Labute approximate surface area is 109 Å². The van der Waals surface area contributed by atoms with Gasteiger partial charge < -0.3 is 4.79 Å². The number of fused-ring (bicyclic) bond motifs is 1. The van der Waals surface area contributed by atoms with Crippen molar-refractivity contribution in [3.63, 3.8) is 0 Å². The van der Waals surface area contributed by atoms with Crippen LogP contribution in [0, 0.1) is 0 Å². The van der Waals surface area contributed by atoms with Crippen LogP contribution >= 0.6 is 0 Å². The van der Waals surface area contributed by atoms with Gasteiger partial charge in [-0.2, -0.15) is 0 Å². The van der Waals surface area contributed by atoms with Crippen LogP contribution in [-0.2, 0) is 11.2 Å². The molecule has 0 atom stereocenters. The molecule has 0 saturated heterocycles. The highest BCUT2D eigenvalue weighted by Crippen LogP contribution is 2.12. The number of hydrogen-bond donors (Lipinski definition) is 0. The molecule has 0 unspecified atom stereocenters. The lowest BCUT2D eigenvalue weighted by atomic mass is 10.1. The maximum atomic E-state index is 9.17. The molecular formula is C16H21NO. The third kappa shape index (κ3) is 4.66. The summed E-state index contributed by atoms with van der Waals surface area (Å²) in [5, 5.41) is 1.23. The third-order valence-corrected chi connectivity index (χ3v) is 2.61. The molecule has 1 heterocycles. The first-order valence-electron chi connectivity index (χ1n) is 6.60. The van der Waals surface area contributed by atoms with Crippen LogP contribution in [0.4, 0.5) is 0 Å². The highest BCUT2D eigenvalue weighted by Gasteiger charge is 1.96. The first-order valence-corrected chi connectivity index (χ1v) is 6.60. The van der Waals surface area contributed by atoms with E-state index in [1.807, 2.05) is 13.0 Å². The molecule has 1 aromatic heterocycles. The van der Waals surface area contributed by atoms with Gasteiger partial charge in [0.25, 0.3) is 0 Å². The van der Waals surface area contributed by atoms with E-state index >= 15 is 0 Å². The number of carbonyl (C=O) groups excluding carboxylic acids is 1. The van der Waals surface area contributed by atoms with Crippen molar-refractivity contribution < 1.29 is 4.79 Å². The number of aldehydes is 1. The summed E-state index contributed by atoms with van der Waals surface area (Å²) in [7, 11) is 0. The molecule has 0 bridgehead atoms. The molecular weight excluding hydrogens is 222 g/mol. The van der Waals surface area contributed by atoms with Gasteiger partial charge in [0.1, 0.15) is 6.29 Å². The minimum absolute atomic E-state index is 0.639. The van der Waals surface area contributed by atoms with Crippen molar-refractivity contribution in [1.29, 1.82) is 0 Å². The van der Waals surface area contributed by atoms with Crippen molar-refractivity contribution >= 4 is 17.2 Å². The summed E-state index contributed by atoms with van der Waals surface area (Å²) >= 11 is 0. The third-order valence-electron chi connectivity index (χ3n) is 2.61. The monoisotopic (exact) mass is 243 g/mol. The lowest BCUT2D eigenvalue weighted by molar-refractivity contribution is -0.107. The van der Waals surface area contributed by atoms with E-state index in [4.69, 9.17) is 0 Å². The SMILES string of the molecule is CCC=O.CCCCc1ccc2ccccc2n1. The lowest BCUT2D eigenvalue weighted by Gasteiger charge is -2.01. The molecule has 2 aromatic rings. The van der Waals surface area contributed by atoms with Crippen molar-refractivity contribution in [2.24, 2.45) is 0 Å². The number of nitrogens with zero attached hydrogens (tertiary/aromatic N) is 1.